The molecule has 0 aliphatic heterocycles. The largest absolute Gasteiger partial charge is 0.457 e. The molecule has 29 heavy (non-hydrogen) atoms. The highest BCUT2D eigenvalue weighted by Crippen LogP contribution is 2.50. The van der Waals surface area contributed by atoms with Crippen LogP contribution in [0.3, 0.4) is 0 Å². The molecule has 2 unspecified atom stereocenters. The molecule has 0 bridgehead atoms. The zero-order valence-electron chi connectivity index (χ0n) is 17.7. The molecule has 0 saturated heterocycles. The maximum absolute atomic E-state index is 11.1. The van der Waals surface area contributed by atoms with E-state index in [-0.39, 0.29) is 16.9 Å². The maximum atomic E-state index is 11.1. The Morgan fingerprint density at radius 1 is 1.07 bits per heavy atom. The molecule has 0 spiro atoms. The summed E-state index contributed by atoms with van der Waals surface area (Å²) in [5.41, 5.74) is 6.56. The van der Waals surface area contributed by atoms with Crippen LogP contribution in [0, 0.1) is 5.41 Å². The molecular weight excluding hydrogens is 362 g/mol. The van der Waals surface area contributed by atoms with E-state index in [1.807, 2.05) is 42.5 Å². The van der Waals surface area contributed by atoms with Crippen molar-refractivity contribution in [2.45, 2.75) is 71.0 Å². The normalized spacial score (nSPS) is 23.8. The van der Waals surface area contributed by atoms with Gasteiger partial charge in [0.15, 0.2) is 0 Å². The van der Waals surface area contributed by atoms with Crippen LogP contribution in [-0.2, 0) is 16.1 Å². The van der Waals surface area contributed by atoms with Crippen molar-refractivity contribution in [3.63, 3.8) is 0 Å². The minimum Gasteiger partial charge on any atom is -0.457 e. The lowest BCUT2D eigenvalue weighted by Crippen LogP contribution is -2.30. The highest BCUT2D eigenvalue weighted by molar-refractivity contribution is 5.73. The topological polar surface area (TPSA) is 61.6 Å². The first kappa shape index (κ1) is 21.4. The van der Waals surface area contributed by atoms with E-state index in [9.17, 15) is 4.79 Å². The zero-order chi connectivity index (χ0) is 20.7. The molecule has 2 atom stereocenters. The van der Waals surface area contributed by atoms with E-state index in [2.05, 4.69) is 26.0 Å². The molecule has 1 aliphatic rings. The summed E-state index contributed by atoms with van der Waals surface area (Å²) < 4.78 is 12.5. The van der Waals surface area contributed by atoms with E-state index in [0.717, 1.165) is 55.6 Å². The second-order valence-electron chi connectivity index (χ2n) is 8.70. The third kappa shape index (κ3) is 6.07. The van der Waals surface area contributed by atoms with Crippen molar-refractivity contribution in [1.29, 1.82) is 0 Å². The number of carbonyl (C=O) groups is 1. The highest BCUT2D eigenvalue weighted by Gasteiger charge is 2.44. The summed E-state index contributed by atoms with van der Waals surface area (Å²) in [4.78, 5) is 11.1. The minimum absolute atomic E-state index is 0.0856. The van der Waals surface area contributed by atoms with Crippen LogP contribution >= 0.6 is 0 Å². The molecule has 2 aromatic carbocycles. The number of hydrogen-bond donors (Lipinski definition) is 1. The maximum Gasteiger partial charge on any atom is 0.217 e. The van der Waals surface area contributed by atoms with E-state index in [1.165, 1.54) is 0 Å². The van der Waals surface area contributed by atoms with Crippen molar-refractivity contribution in [3.05, 3.63) is 60.2 Å². The van der Waals surface area contributed by atoms with Crippen molar-refractivity contribution < 1.29 is 14.3 Å². The fourth-order valence-electron chi connectivity index (χ4n) is 4.47. The summed E-state index contributed by atoms with van der Waals surface area (Å²) in [6.07, 6.45) is 6.61. The Kier molecular flexibility index (Phi) is 6.96. The number of nitrogens with two attached hydrogens (primary N) is 1. The van der Waals surface area contributed by atoms with Gasteiger partial charge in [0.25, 0.3) is 0 Å². The highest BCUT2D eigenvalue weighted by atomic mass is 16.5. The molecule has 2 aromatic rings. The number of rotatable bonds is 10. The van der Waals surface area contributed by atoms with Gasteiger partial charge in [0.1, 0.15) is 11.5 Å². The van der Waals surface area contributed by atoms with Gasteiger partial charge in [-0.1, -0.05) is 44.2 Å². The van der Waals surface area contributed by atoms with Gasteiger partial charge in [-0.05, 0) is 73.8 Å². The van der Waals surface area contributed by atoms with E-state index >= 15 is 0 Å². The SMILES string of the molecule is CCC1(OCc2cccc(Oc3ccccc3)c2)CCC(C)(CCCC(N)=O)C1. The number of hydrogen-bond acceptors (Lipinski definition) is 3. The summed E-state index contributed by atoms with van der Waals surface area (Å²) >= 11 is 0. The first-order valence-electron chi connectivity index (χ1n) is 10.7. The number of carbonyl (C=O) groups excluding carboxylic acids is 1. The van der Waals surface area contributed by atoms with Crippen molar-refractivity contribution >= 4 is 5.91 Å². The van der Waals surface area contributed by atoms with Gasteiger partial charge < -0.3 is 15.2 Å². The van der Waals surface area contributed by atoms with Gasteiger partial charge in [-0.15, -0.1) is 0 Å². The molecule has 2 N–H and O–H groups in total. The lowest BCUT2D eigenvalue weighted by molar-refractivity contribution is -0.118. The molecule has 156 valence electrons. The lowest BCUT2D eigenvalue weighted by atomic mass is 9.81. The molecule has 1 saturated carbocycles. The van der Waals surface area contributed by atoms with E-state index in [0.29, 0.717) is 13.0 Å². The Morgan fingerprint density at radius 3 is 2.55 bits per heavy atom. The summed E-state index contributed by atoms with van der Waals surface area (Å²) in [6.45, 7) is 5.12. The van der Waals surface area contributed by atoms with Gasteiger partial charge >= 0.3 is 0 Å². The minimum atomic E-state index is -0.206. The molecule has 0 aromatic heterocycles. The van der Waals surface area contributed by atoms with Gasteiger partial charge in [-0.3, -0.25) is 4.79 Å². The summed E-state index contributed by atoms with van der Waals surface area (Å²) in [7, 11) is 0. The van der Waals surface area contributed by atoms with Crippen LogP contribution in [0.1, 0.15) is 64.4 Å². The predicted octanol–water partition coefficient (Wildman–Crippen LogP) is 5.99. The zero-order valence-corrected chi connectivity index (χ0v) is 17.7. The van der Waals surface area contributed by atoms with E-state index in [1.54, 1.807) is 0 Å². The Hall–Kier alpha value is -2.33. The molecule has 0 heterocycles. The standard InChI is InChI=1S/C25H33NO3/c1-3-25(16-15-24(2,19-25)14-8-13-23(26)27)28-18-20-9-7-12-22(17-20)29-21-10-5-4-6-11-21/h4-7,9-12,17H,3,8,13-16,18-19H2,1-2H3,(H2,26,27). The van der Waals surface area contributed by atoms with Crippen molar-refractivity contribution in [2.24, 2.45) is 11.1 Å². The molecular formula is C25H33NO3. The van der Waals surface area contributed by atoms with Crippen molar-refractivity contribution in [1.82, 2.24) is 0 Å². The van der Waals surface area contributed by atoms with E-state index < -0.39 is 0 Å². The second-order valence-corrected chi connectivity index (χ2v) is 8.70. The third-order valence-electron chi connectivity index (χ3n) is 6.20. The van der Waals surface area contributed by atoms with Crippen molar-refractivity contribution in [2.75, 3.05) is 0 Å². The monoisotopic (exact) mass is 395 g/mol. The summed E-state index contributed by atoms with van der Waals surface area (Å²) in [5.74, 6) is 1.45. The average Bonchev–Trinajstić information content (AvgIpc) is 3.05. The smallest absolute Gasteiger partial charge is 0.217 e. The average molecular weight is 396 g/mol. The van der Waals surface area contributed by atoms with Gasteiger partial charge in [0.05, 0.1) is 12.2 Å². The molecule has 3 rings (SSSR count). The Balaban J connectivity index is 1.58. The Labute approximate surface area is 174 Å². The van der Waals surface area contributed by atoms with Crippen LogP contribution in [0.2, 0.25) is 0 Å². The fourth-order valence-corrected chi connectivity index (χ4v) is 4.47. The fraction of sp³-hybridized carbons (Fsp3) is 0.480. The van der Waals surface area contributed by atoms with Gasteiger partial charge in [-0.25, -0.2) is 0 Å². The predicted molar refractivity (Wildman–Crippen MR) is 116 cm³/mol. The van der Waals surface area contributed by atoms with Crippen molar-refractivity contribution in [3.8, 4) is 11.5 Å². The van der Waals surface area contributed by atoms with Gasteiger partial charge in [0.2, 0.25) is 5.91 Å². The number of benzene rings is 2. The molecule has 1 fully saturated rings. The first-order chi connectivity index (χ1) is 13.9. The van der Waals surface area contributed by atoms with Crippen LogP contribution in [0.5, 0.6) is 11.5 Å². The molecule has 1 amide bonds. The Morgan fingerprint density at radius 2 is 1.83 bits per heavy atom. The molecule has 0 radical (unpaired) electrons. The molecule has 1 aliphatic carbocycles. The van der Waals surface area contributed by atoms with E-state index in [4.69, 9.17) is 15.2 Å². The lowest BCUT2D eigenvalue weighted by Gasteiger charge is -2.32. The Bertz CT molecular complexity index is 807. The van der Waals surface area contributed by atoms with Crippen LogP contribution in [0.15, 0.2) is 54.6 Å². The number of ether oxygens (including phenoxy) is 2. The summed E-state index contributed by atoms with van der Waals surface area (Å²) in [5, 5.41) is 0. The molecule has 4 heteroatoms. The van der Waals surface area contributed by atoms with Gasteiger partial charge in [-0.2, -0.15) is 0 Å². The quantitative estimate of drug-likeness (QED) is 0.537. The number of primary amides is 1. The number of para-hydroxylation sites is 1. The van der Waals surface area contributed by atoms with Crippen LogP contribution in [0.4, 0.5) is 0 Å². The van der Waals surface area contributed by atoms with Crippen LogP contribution in [0.25, 0.3) is 0 Å². The first-order valence-corrected chi connectivity index (χ1v) is 10.7. The van der Waals surface area contributed by atoms with Crippen LogP contribution < -0.4 is 10.5 Å². The third-order valence-corrected chi connectivity index (χ3v) is 6.20. The van der Waals surface area contributed by atoms with Crippen LogP contribution in [-0.4, -0.2) is 11.5 Å². The second kappa shape index (κ2) is 9.45. The number of amides is 1. The van der Waals surface area contributed by atoms with Gasteiger partial charge in [0, 0.05) is 6.42 Å². The molecule has 4 nitrogen and oxygen atoms in total. The summed E-state index contributed by atoms with van der Waals surface area (Å²) in [6, 6.07) is 17.9.